The molecule has 0 aliphatic carbocycles. The Morgan fingerprint density at radius 3 is 2.59 bits per heavy atom. The molecule has 0 radical (unpaired) electrons. The van der Waals surface area contributed by atoms with Gasteiger partial charge in [0.1, 0.15) is 5.82 Å². The Morgan fingerprint density at radius 1 is 1.14 bits per heavy atom. The number of halogens is 1. The smallest absolute Gasteiger partial charge is 0.316 e. The second-order valence-electron chi connectivity index (χ2n) is 5.77. The summed E-state index contributed by atoms with van der Waals surface area (Å²) in [6.07, 6.45) is 2.03. The molecule has 1 atom stereocenters. The Hall–Kier alpha value is -1.95. The van der Waals surface area contributed by atoms with Crippen molar-refractivity contribution >= 4 is 17.5 Å². The SMILES string of the molecule is O=C1C(=O)N(c2ccc(F)cc2)CCN1CC1CCCOC1. The predicted octanol–water partition coefficient (Wildman–Crippen LogP) is 1.43. The Bertz CT molecular complexity index is 555. The molecule has 2 fully saturated rings. The van der Waals surface area contributed by atoms with E-state index in [9.17, 15) is 14.0 Å². The van der Waals surface area contributed by atoms with E-state index >= 15 is 0 Å². The molecule has 5 nitrogen and oxygen atoms in total. The summed E-state index contributed by atoms with van der Waals surface area (Å²) in [5.41, 5.74) is 0.556. The van der Waals surface area contributed by atoms with Crippen LogP contribution in [-0.2, 0) is 14.3 Å². The van der Waals surface area contributed by atoms with E-state index in [-0.39, 0.29) is 5.82 Å². The number of anilines is 1. The lowest BCUT2D eigenvalue weighted by molar-refractivity contribution is -0.147. The number of ether oxygens (including phenoxy) is 1. The van der Waals surface area contributed by atoms with Gasteiger partial charge in [-0.3, -0.25) is 9.59 Å². The molecule has 1 unspecified atom stereocenters. The number of carbonyl (C=O) groups excluding carboxylic acids is 2. The first kappa shape index (κ1) is 15.0. The third-order valence-corrected chi connectivity index (χ3v) is 4.18. The van der Waals surface area contributed by atoms with Crippen LogP contribution in [-0.4, -0.2) is 49.6 Å². The van der Waals surface area contributed by atoms with Crippen molar-refractivity contribution < 1.29 is 18.7 Å². The molecule has 2 saturated heterocycles. The van der Waals surface area contributed by atoms with Crippen molar-refractivity contribution in [1.29, 1.82) is 0 Å². The molecular weight excluding hydrogens is 287 g/mol. The van der Waals surface area contributed by atoms with Crippen LogP contribution in [0.4, 0.5) is 10.1 Å². The van der Waals surface area contributed by atoms with Gasteiger partial charge in [0.15, 0.2) is 0 Å². The lowest BCUT2D eigenvalue weighted by Crippen LogP contribution is -2.55. The summed E-state index contributed by atoms with van der Waals surface area (Å²) in [5.74, 6) is -1.09. The van der Waals surface area contributed by atoms with E-state index in [1.165, 1.54) is 29.2 Å². The summed E-state index contributed by atoms with van der Waals surface area (Å²) in [5, 5.41) is 0. The molecule has 0 N–H and O–H groups in total. The maximum Gasteiger partial charge on any atom is 0.316 e. The molecular formula is C16H19FN2O3. The molecule has 1 aromatic rings. The second kappa shape index (κ2) is 6.44. The minimum atomic E-state index is -0.547. The van der Waals surface area contributed by atoms with Crippen molar-refractivity contribution in [3.63, 3.8) is 0 Å². The van der Waals surface area contributed by atoms with Gasteiger partial charge in [-0.1, -0.05) is 0 Å². The Morgan fingerprint density at radius 2 is 1.91 bits per heavy atom. The van der Waals surface area contributed by atoms with E-state index in [1.807, 2.05) is 0 Å². The van der Waals surface area contributed by atoms with Crippen molar-refractivity contribution in [1.82, 2.24) is 4.90 Å². The van der Waals surface area contributed by atoms with Gasteiger partial charge in [0, 0.05) is 31.9 Å². The van der Waals surface area contributed by atoms with E-state index < -0.39 is 11.8 Å². The highest BCUT2D eigenvalue weighted by molar-refractivity contribution is 6.40. The summed E-state index contributed by atoms with van der Waals surface area (Å²) >= 11 is 0. The lowest BCUT2D eigenvalue weighted by Gasteiger charge is -2.36. The van der Waals surface area contributed by atoms with E-state index in [0.29, 0.717) is 37.8 Å². The average molecular weight is 306 g/mol. The number of piperazine rings is 1. The first-order valence-electron chi connectivity index (χ1n) is 7.59. The molecule has 22 heavy (non-hydrogen) atoms. The van der Waals surface area contributed by atoms with Gasteiger partial charge in [-0.25, -0.2) is 4.39 Å². The van der Waals surface area contributed by atoms with E-state index in [4.69, 9.17) is 4.74 Å². The van der Waals surface area contributed by atoms with Crippen molar-refractivity contribution in [3.8, 4) is 0 Å². The van der Waals surface area contributed by atoms with Crippen LogP contribution in [0.1, 0.15) is 12.8 Å². The second-order valence-corrected chi connectivity index (χ2v) is 5.77. The molecule has 2 aliphatic rings. The summed E-state index contributed by atoms with van der Waals surface area (Å²) in [4.78, 5) is 27.6. The first-order chi connectivity index (χ1) is 10.6. The van der Waals surface area contributed by atoms with E-state index in [0.717, 1.165) is 19.4 Å². The van der Waals surface area contributed by atoms with Gasteiger partial charge < -0.3 is 14.5 Å². The summed E-state index contributed by atoms with van der Waals surface area (Å²) in [7, 11) is 0. The number of rotatable bonds is 3. The minimum absolute atomic E-state index is 0.308. The normalized spacial score (nSPS) is 23.0. The molecule has 2 amide bonds. The minimum Gasteiger partial charge on any atom is -0.381 e. The average Bonchev–Trinajstić information content (AvgIpc) is 2.54. The van der Waals surface area contributed by atoms with Gasteiger partial charge in [-0.05, 0) is 43.0 Å². The largest absolute Gasteiger partial charge is 0.381 e. The van der Waals surface area contributed by atoms with Gasteiger partial charge in [0.2, 0.25) is 0 Å². The van der Waals surface area contributed by atoms with Gasteiger partial charge in [0.25, 0.3) is 0 Å². The standard InChI is InChI=1S/C16H19FN2O3/c17-13-3-5-14(6-4-13)19-8-7-18(15(20)16(19)21)10-12-2-1-9-22-11-12/h3-6,12H,1-2,7-11H2. The number of hydrogen-bond acceptors (Lipinski definition) is 3. The molecule has 0 spiro atoms. The lowest BCUT2D eigenvalue weighted by atomic mass is 10.0. The fourth-order valence-electron chi connectivity index (χ4n) is 2.98. The van der Waals surface area contributed by atoms with E-state index in [1.54, 1.807) is 4.90 Å². The van der Waals surface area contributed by atoms with Crippen molar-refractivity contribution in [2.45, 2.75) is 12.8 Å². The fraction of sp³-hybridized carbons (Fsp3) is 0.500. The summed E-state index contributed by atoms with van der Waals surface area (Å²) < 4.78 is 18.4. The van der Waals surface area contributed by atoms with Gasteiger partial charge in [-0.15, -0.1) is 0 Å². The number of nitrogens with zero attached hydrogens (tertiary/aromatic N) is 2. The van der Waals surface area contributed by atoms with Crippen molar-refractivity contribution in [3.05, 3.63) is 30.1 Å². The van der Waals surface area contributed by atoms with Gasteiger partial charge in [-0.2, -0.15) is 0 Å². The monoisotopic (exact) mass is 306 g/mol. The molecule has 2 heterocycles. The zero-order valence-corrected chi connectivity index (χ0v) is 12.3. The third-order valence-electron chi connectivity index (χ3n) is 4.18. The molecule has 0 saturated carbocycles. The predicted molar refractivity (Wildman–Crippen MR) is 78.9 cm³/mol. The van der Waals surface area contributed by atoms with Crippen LogP contribution in [0.25, 0.3) is 0 Å². The molecule has 0 bridgehead atoms. The zero-order chi connectivity index (χ0) is 15.5. The highest BCUT2D eigenvalue weighted by Gasteiger charge is 2.34. The van der Waals surface area contributed by atoms with Gasteiger partial charge >= 0.3 is 11.8 Å². The molecule has 0 aromatic heterocycles. The van der Waals surface area contributed by atoms with Crippen molar-refractivity contribution in [2.75, 3.05) is 37.7 Å². The molecule has 3 rings (SSSR count). The van der Waals surface area contributed by atoms with Crippen LogP contribution < -0.4 is 4.90 Å². The van der Waals surface area contributed by atoms with Gasteiger partial charge in [0.05, 0.1) is 6.61 Å². The Kier molecular flexibility index (Phi) is 4.38. The number of benzene rings is 1. The molecule has 6 heteroatoms. The van der Waals surface area contributed by atoms with Crippen LogP contribution in [0.5, 0.6) is 0 Å². The van der Waals surface area contributed by atoms with E-state index in [2.05, 4.69) is 0 Å². The first-order valence-corrected chi connectivity index (χ1v) is 7.59. The van der Waals surface area contributed by atoms with Crippen LogP contribution in [0.2, 0.25) is 0 Å². The molecule has 2 aliphatic heterocycles. The van der Waals surface area contributed by atoms with Crippen LogP contribution in [0.3, 0.4) is 0 Å². The summed E-state index contributed by atoms with van der Waals surface area (Å²) in [6.45, 7) is 2.94. The quantitative estimate of drug-likeness (QED) is 0.794. The maximum absolute atomic E-state index is 13.0. The number of hydrogen-bond donors (Lipinski definition) is 0. The topological polar surface area (TPSA) is 49.9 Å². The zero-order valence-electron chi connectivity index (χ0n) is 12.3. The van der Waals surface area contributed by atoms with Crippen LogP contribution in [0, 0.1) is 11.7 Å². The third kappa shape index (κ3) is 3.11. The number of amides is 2. The molecule has 118 valence electrons. The highest BCUT2D eigenvalue weighted by Crippen LogP contribution is 2.21. The Balaban J connectivity index is 1.65. The maximum atomic E-state index is 13.0. The Labute approximate surface area is 128 Å². The fourth-order valence-corrected chi connectivity index (χ4v) is 2.98. The van der Waals surface area contributed by atoms with Crippen LogP contribution >= 0.6 is 0 Å². The summed E-state index contributed by atoms with van der Waals surface area (Å²) in [6, 6.07) is 5.62. The van der Waals surface area contributed by atoms with Crippen molar-refractivity contribution in [2.24, 2.45) is 5.92 Å². The molecule has 1 aromatic carbocycles. The highest BCUT2D eigenvalue weighted by atomic mass is 19.1. The number of carbonyl (C=O) groups is 2. The van der Waals surface area contributed by atoms with Crippen LogP contribution in [0.15, 0.2) is 24.3 Å².